The number of pyridine rings is 1. The summed E-state index contributed by atoms with van der Waals surface area (Å²) in [6.07, 6.45) is 3.85. The molecule has 4 heteroatoms. The summed E-state index contributed by atoms with van der Waals surface area (Å²) in [5.74, 6) is 0.120. The number of aryl methyl sites for hydroxylation is 1. The van der Waals surface area contributed by atoms with Crippen LogP contribution < -0.4 is 4.74 Å². The lowest BCUT2D eigenvalue weighted by Gasteiger charge is -2.04. The van der Waals surface area contributed by atoms with Crippen LogP contribution in [0.15, 0.2) is 12.3 Å². The van der Waals surface area contributed by atoms with E-state index >= 15 is 0 Å². The van der Waals surface area contributed by atoms with Gasteiger partial charge in [-0.2, -0.15) is 8.78 Å². The lowest BCUT2D eigenvalue weighted by atomic mass is 10.3. The fourth-order valence-corrected chi connectivity index (χ4v) is 0.643. The van der Waals surface area contributed by atoms with Gasteiger partial charge in [-0.1, -0.05) is 0 Å². The lowest BCUT2D eigenvalue weighted by molar-refractivity contribution is -0.0503. The summed E-state index contributed by atoms with van der Waals surface area (Å²) in [5, 5.41) is 0. The molecular weight excluding hydrogens is 152 g/mol. The Morgan fingerprint density at radius 3 is 2.91 bits per heavy atom. The van der Waals surface area contributed by atoms with Crippen LogP contribution in [-0.2, 0) is 0 Å². The van der Waals surface area contributed by atoms with Crippen molar-refractivity contribution in [1.29, 1.82) is 0 Å². The van der Waals surface area contributed by atoms with Gasteiger partial charge in [0.25, 0.3) is 0 Å². The maximum Gasteiger partial charge on any atom is 0.387 e. The molecule has 0 aliphatic rings. The van der Waals surface area contributed by atoms with E-state index in [4.69, 9.17) is 0 Å². The number of halogens is 2. The van der Waals surface area contributed by atoms with Crippen molar-refractivity contribution in [2.75, 3.05) is 0 Å². The third-order valence-electron chi connectivity index (χ3n) is 1.12. The van der Waals surface area contributed by atoms with E-state index in [1.54, 1.807) is 6.92 Å². The van der Waals surface area contributed by atoms with Crippen molar-refractivity contribution in [3.05, 3.63) is 24.0 Å². The molecule has 1 rings (SSSR count). The second-order valence-corrected chi connectivity index (χ2v) is 1.92. The van der Waals surface area contributed by atoms with E-state index in [0.29, 0.717) is 5.56 Å². The van der Waals surface area contributed by atoms with Gasteiger partial charge in [-0.05, 0) is 13.0 Å². The predicted molar refractivity (Wildman–Crippen MR) is 34.4 cm³/mol. The van der Waals surface area contributed by atoms with Crippen LogP contribution in [0, 0.1) is 13.1 Å². The molecule has 0 amide bonds. The number of ether oxygens (including phenoxy) is 1. The van der Waals surface area contributed by atoms with Crippen LogP contribution in [0.2, 0.25) is 0 Å². The van der Waals surface area contributed by atoms with Crippen LogP contribution in [0.4, 0.5) is 8.78 Å². The first-order valence-electron chi connectivity index (χ1n) is 2.98. The van der Waals surface area contributed by atoms with E-state index in [2.05, 4.69) is 15.9 Å². The van der Waals surface area contributed by atoms with Crippen molar-refractivity contribution in [1.82, 2.24) is 4.98 Å². The molecule has 0 saturated heterocycles. The summed E-state index contributed by atoms with van der Waals surface area (Å²) in [6.45, 7) is -1.19. The van der Waals surface area contributed by atoms with E-state index in [0.717, 1.165) is 0 Å². The second-order valence-electron chi connectivity index (χ2n) is 1.92. The zero-order valence-electron chi connectivity index (χ0n) is 5.84. The molecule has 0 aromatic carbocycles. The highest BCUT2D eigenvalue weighted by Gasteiger charge is 2.05. The van der Waals surface area contributed by atoms with Crippen molar-refractivity contribution < 1.29 is 13.5 Å². The highest BCUT2D eigenvalue weighted by molar-refractivity contribution is 5.27. The first-order chi connectivity index (χ1) is 5.20. The Balaban J connectivity index is 2.78. The molecule has 1 aromatic heterocycles. The molecule has 0 fully saturated rings. The Kier molecular flexibility index (Phi) is 2.36. The Morgan fingerprint density at radius 1 is 1.64 bits per heavy atom. The number of hydrogen-bond acceptors (Lipinski definition) is 2. The number of aromatic nitrogens is 1. The van der Waals surface area contributed by atoms with Crippen LogP contribution in [0.3, 0.4) is 0 Å². The van der Waals surface area contributed by atoms with Gasteiger partial charge in [0.2, 0.25) is 0 Å². The zero-order valence-corrected chi connectivity index (χ0v) is 5.84. The molecule has 2 nitrogen and oxygen atoms in total. The molecule has 0 aliphatic heterocycles. The smallest absolute Gasteiger partial charge is 0.387 e. The summed E-state index contributed by atoms with van der Waals surface area (Å²) in [5.41, 5.74) is 0.479. The standard InChI is InChI=1S/C7H6F2NO/c1-5-4-10-3-2-6(5)11-7(8)9/h2-3,7H,1H3. The van der Waals surface area contributed by atoms with Crippen LogP contribution >= 0.6 is 0 Å². The summed E-state index contributed by atoms with van der Waals surface area (Å²) in [4.78, 5) is 3.60. The fourth-order valence-electron chi connectivity index (χ4n) is 0.643. The van der Waals surface area contributed by atoms with Gasteiger partial charge in [-0.25, -0.2) is 0 Å². The normalized spacial score (nSPS) is 10.2. The third-order valence-corrected chi connectivity index (χ3v) is 1.12. The molecular formula is C7H6F2NO. The molecule has 0 N–H and O–H groups in total. The van der Waals surface area contributed by atoms with Crippen LogP contribution in [0.1, 0.15) is 5.56 Å². The van der Waals surface area contributed by atoms with Crippen molar-refractivity contribution >= 4 is 0 Å². The van der Waals surface area contributed by atoms with E-state index in [-0.39, 0.29) is 5.75 Å². The SMILES string of the molecule is Cc1[c]nccc1OC(F)F. The summed E-state index contributed by atoms with van der Waals surface area (Å²) in [6, 6.07) is 1.37. The molecule has 0 aliphatic carbocycles. The van der Waals surface area contributed by atoms with Gasteiger partial charge >= 0.3 is 6.61 Å². The molecule has 0 atom stereocenters. The molecule has 1 heterocycles. The molecule has 1 radical (unpaired) electrons. The molecule has 11 heavy (non-hydrogen) atoms. The van der Waals surface area contributed by atoms with Crippen LogP contribution in [-0.4, -0.2) is 11.6 Å². The maximum atomic E-state index is 11.6. The lowest BCUT2D eigenvalue weighted by Crippen LogP contribution is -2.03. The summed E-state index contributed by atoms with van der Waals surface area (Å²) in [7, 11) is 0. The van der Waals surface area contributed by atoms with E-state index < -0.39 is 6.61 Å². The fraction of sp³-hybridized carbons (Fsp3) is 0.286. The Labute approximate surface area is 62.8 Å². The van der Waals surface area contributed by atoms with Gasteiger partial charge in [0.1, 0.15) is 5.75 Å². The van der Waals surface area contributed by atoms with Gasteiger partial charge in [-0.15, -0.1) is 0 Å². The summed E-state index contributed by atoms with van der Waals surface area (Å²) < 4.78 is 27.4. The molecule has 1 aromatic rings. The number of hydrogen-bond donors (Lipinski definition) is 0. The first kappa shape index (κ1) is 7.91. The minimum absolute atomic E-state index is 0.120. The van der Waals surface area contributed by atoms with E-state index in [1.165, 1.54) is 12.3 Å². The average molecular weight is 158 g/mol. The van der Waals surface area contributed by atoms with Crippen molar-refractivity contribution in [2.45, 2.75) is 13.5 Å². The van der Waals surface area contributed by atoms with Crippen LogP contribution in [0.25, 0.3) is 0 Å². The molecule has 0 spiro atoms. The largest absolute Gasteiger partial charge is 0.434 e. The Hall–Kier alpha value is -1.19. The minimum atomic E-state index is -2.79. The van der Waals surface area contributed by atoms with Crippen molar-refractivity contribution in [3.8, 4) is 5.75 Å². The van der Waals surface area contributed by atoms with Gasteiger partial charge in [0.15, 0.2) is 0 Å². The van der Waals surface area contributed by atoms with E-state index in [1.807, 2.05) is 0 Å². The van der Waals surface area contributed by atoms with Gasteiger partial charge < -0.3 is 4.74 Å². The second kappa shape index (κ2) is 3.27. The van der Waals surface area contributed by atoms with Crippen molar-refractivity contribution in [3.63, 3.8) is 0 Å². The summed E-state index contributed by atoms with van der Waals surface area (Å²) >= 11 is 0. The van der Waals surface area contributed by atoms with Gasteiger partial charge in [0, 0.05) is 11.8 Å². The minimum Gasteiger partial charge on any atom is -0.434 e. The highest BCUT2D eigenvalue weighted by atomic mass is 19.3. The molecule has 59 valence electrons. The first-order valence-corrected chi connectivity index (χ1v) is 2.98. The molecule has 0 bridgehead atoms. The van der Waals surface area contributed by atoms with Crippen molar-refractivity contribution in [2.24, 2.45) is 0 Å². The Bertz CT molecular complexity index is 240. The maximum absolute atomic E-state index is 11.6. The highest BCUT2D eigenvalue weighted by Crippen LogP contribution is 2.16. The quantitative estimate of drug-likeness (QED) is 0.654. The Morgan fingerprint density at radius 2 is 2.36 bits per heavy atom. The van der Waals surface area contributed by atoms with Gasteiger partial charge in [-0.3, -0.25) is 4.98 Å². The average Bonchev–Trinajstić information content (AvgIpc) is 1.93. The number of alkyl halides is 2. The zero-order chi connectivity index (χ0) is 8.27. The third kappa shape index (κ3) is 2.14. The topological polar surface area (TPSA) is 22.1 Å². The monoisotopic (exact) mass is 158 g/mol. The number of nitrogens with zero attached hydrogens (tertiary/aromatic N) is 1. The number of rotatable bonds is 2. The molecule has 0 saturated carbocycles. The van der Waals surface area contributed by atoms with Crippen LogP contribution in [0.5, 0.6) is 5.75 Å². The van der Waals surface area contributed by atoms with E-state index in [9.17, 15) is 8.78 Å². The molecule has 0 unspecified atom stereocenters. The predicted octanol–water partition coefficient (Wildman–Crippen LogP) is 1.79. The van der Waals surface area contributed by atoms with Gasteiger partial charge in [0.05, 0.1) is 6.20 Å².